The molecule has 0 aliphatic carbocycles. The highest BCUT2D eigenvalue weighted by Crippen LogP contribution is 2.17. The summed E-state index contributed by atoms with van der Waals surface area (Å²) in [5.41, 5.74) is 1.15. The van der Waals surface area contributed by atoms with E-state index in [-0.39, 0.29) is 5.78 Å². The number of aliphatic hydroxyl groups excluding tert-OH is 1. The smallest absolute Gasteiger partial charge is 0.195 e. The van der Waals surface area contributed by atoms with Gasteiger partial charge >= 0.3 is 0 Å². The summed E-state index contributed by atoms with van der Waals surface area (Å²) in [5, 5.41) is 17.2. The van der Waals surface area contributed by atoms with E-state index in [9.17, 15) is 9.90 Å². The van der Waals surface area contributed by atoms with E-state index in [0.717, 1.165) is 0 Å². The maximum absolute atomic E-state index is 11.9. The maximum atomic E-state index is 11.9. The Morgan fingerprint density at radius 1 is 1.05 bits per heavy atom. The van der Waals surface area contributed by atoms with Crippen LogP contribution in [0.1, 0.15) is 28.9 Å². The Hall–Kier alpha value is -2.44. The van der Waals surface area contributed by atoms with E-state index >= 15 is 0 Å². The zero-order valence-electron chi connectivity index (χ0n) is 10.7. The summed E-state index contributed by atoms with van der Waals surface area (Å²) in [5.74, 6) is -0.271. The zero-order valence-corrected chi connectivity index (χ0v) is 10.7. The van der Waals surface area contributed by atoms with Gasteiger partial charge in [-0.05, 0) is 5.56 Å². The van der Waals surface area contributed by atoms with Gasteiger partial charge in [0.25, 0.3) is 0 Å². The molecule has 2 rings (SSSR count). The highest BCUT2D eigenvalue weighted by molar-refractivity contribution is 5.99. The van der Waals surface area contributed by atoms with Gasteiger partial charge in [0.15, 0.2) is 5.78 Å². The fraction of sp³-hybridized carbons (Fsp3) is 0.125. The van der Waals surface area contributed by atoms with E-state index in [0.29, 0.717) is 11.1 Å². The summed E-state index contributed by atoms with van der Waals surface area (Å²) in [6.07, 6.45) is -1.08. The average molecular weight is 253 g/mol. The monoisotopic (exact) mass is 253 g/mol. The number of Topliss-reactive ketones (excluding diaryl/α,β-unsaturated/α-hetero) is 1. The van der Waals surface area contributed by atoms with E-state index in [4.69, 9.17) is 5.26 Å². The van der Waals surface area contributed by atoms with Crippen LogP contribution in [0.3, 0.4) is 0 Å². The van der Waals surface area contributed by atoms with Gasteiger partial charge < -0.3 is 5.11 Å². The lowest BCUT2D eigenvalue weighted by Gasteiger charge is -2.09. The summed E-state index contributed by atoms with van der Waals surface area (Å²) < 4.78 is 0. The Morgan fingerprint density at radius 3 is 1.95 bits per heavy atom. The molecule has 3 heteroatoms. The molecule has 0 bridgehead atoms. The van der Waals surface area contributed by atoms with Crippen LogP contribution in [0.4, 0.5) is 0 Å². The van der Waals surface area contributed by atoms with E-state index in [1.54, 1.807) is 54.6 Å². The van der Waals surface area contributed by atoms with Crippen molar-refractivity contribution < 1.29 is 9.90 Å². The number of nitriles is 1. The van der Waals surface area contributed by atoms with Gasteiger partial charge in [-0.25, -0.2) is 0 Å². The second kappa shape index (κ2) is 7.80. The molecule has 0 saturated heterocycles. The Labute approximate surface area is 112 Å². The average Bonchev–Trinajstić information content (AvgIpc) is 2.48. The number of nitrogens with zero attached hydrogens (tertiary/aromatic N) is 1. The molecule has 19 heavy (non-hydrogen) atoms. The number of carbonyl (C=O) groups is 1. The molecule has 0 aliphatic rings. The molecule has 0 aliphatic heterocycles. The van der Waals surface area contributed by atoms with Crippen LogP contribution in [-0.2, 0) is 0 Å². The summed E-state index contributed by atoms with van der Waals surface area (Å²) >= 11 is 0. The lowest BCUT2D eigenvalue weighted by molar-refractivity contribution is 0.0747. The summed E-state index contributed by atoms with van der Waals surface area (Å²) in [6, 6.07) is 19.5. The molecule has 96 valence electrons. The van der Waals surface area contributed by atoms with Crippen molar-refractivity contribution in [2.75, 3.05) is 0 Å². The topological polar surface area (TPSA) is 61.1 Å². The Kier molecular flexibility index (Phi) is 6.00. The summed E-state index contributed by atoms with van der Waals surface area (Å²) in [6.45, 7) is 1.43. The second-order valence-corrected chi connectivity index (χ2v) is 3.77. The molecule has 0 aromatic heterocycles. The molecule has 0 spiro atoms. The van der Waals surface area contributed by atoms with Crippen LogP contribution in [0.2, 0.25) is 0 Å². The molecule has 0 heterocycles. The lowest BCUT2D eigenvalue weighted by Crippen LogP contribution is -2.11. The number of aliphatic hydroxyl groups is 1. The molecule has 0 saturated carbocycles. The Balaban J connectivity index is 0.000000550. The van der Waals surface area contributed by atoms with Crippen LogP contribution < -0.4 is 0 Å². The SMILES string of the molecule is CC#N.O=C(c1ccccc1)C(O)c1ccccc1. The summed E-state index contributed by atoms with van der Waals surface area (Å²) in [4.78, 5) is 11.9. The van der Waals surface area contributed by atoms with E-state index in [1.807, 2.05) is 12.1 Å². The van der Waals surface area contributed by atoms with Crippen molar-refractivity contribution >= 4 is 5.78 Å². The highest BCUT2D eigenvalue weighted by atomic mass is 16.3. The van der Waals surface area contributed by atoms with Gasteiger partial charge in [-0.1, -0.05) is 60.7 Å². The Morgan fingerprint density at radius 2 is 1.47 bits per heavy atom. The van der Waals surface area contributed by atoms with Gasteiger partial charge in [0.2, 0.25) is 0 Å². The predicted octanol–water partition coefficient (Wildman–Crippen LogP) is 3.13. The molecular weight excluding hydrogens is 238 g/mol. The van der Waals surface area contributed by atoms with Crippen molar-refractivity contribution in [2.45, 2.75) is 13.0 Å². The quantitative estimate of drug-likeness (QED) is 0.855. The number of benzene rings is 2. The first-order valence-electron chi connectivity index (χ1n) is 5.83. The minimum absolute atomic E-state index is 0.271. The van der Waals surface area contributed by atoms with Crippen molar-refractivity contribution in [3.63, 3.8) is 0 Å². The third-order valence-corrected chi connectivity index (χ3v) is 2.42. The lowest BCUT2D eigenvalue weighted by atomic mass is 10.0. The third kappa shape index (κ3) is 4.38. The van der Waals surface area contributed by atoms with Crippen LogP contribution in [0.25, 0.3) is 0 Å². The first-order valence-corrected chi connectivity index (χ1v) is 5.83. The van der Waals surface area contributed by atoms with Crippen LogP contribution in [0.15, 0.2) is 60.7 Å². The minimum Gasteiger partial charge on any atom is -0.380 e. The molecule has 2 aromatic carbocycles. The third-order valence-electron chi connectivity index (χ3n) is 2.42. The number of hydrogen-bond acceptors (Lipinski definition) is 3. The van der Waals surface area contributed by atoms with Crippen molar-refractivity contribution in [2.24, 2.45) is 0 Å². The predicted molar refractivity (Wildman–Crippen MR) is 73.5 cm³/mol. The second-order valence-electron chi connectivity index (χ2n) is 3.77. The molecule has 1 atom stereocenters. The van der Waals surface area contributed by atoms with Crippen molar-refractivity contribution in [1.82, 2.24) is 0 Å². The molecule has 0 radical (unpaired) electrons. The van der Waals surface area contributed by atoms with Gasteiger partial charge in [-0.2, -0.15) is 5.26 Å². The number of rotatable bonds is 3. The maximum Gasteiger partial charge on any atom is 0.195 e. The summed E-state index contributed by atoms with van der Waals surface area (Å²) in [7, 11) is 0. The fourth-order valence-corrected chi connectivity index (χ4v) is 1.55. The number of carbonyl (C=O) groups excluding carboxylic acids is 1. The van der Waals surface area contributed by atoms with Crippen molar-refractivity contribution in [1.29, 1.82) is 5.26 Å². The molecule has 1 N–H and O–H groups in total. The van der Waals surface area contributed by atoms with Crippen molar-refractivity contribution in [3.05, 3.63) is 71.8 Å². The number of hydrogen-bond donors (Lipinski definition) is 1. The molecule has 0 fully saturated rings. The highest BCUT2D eigenvalue weighted by Gasteiger charge is 2.18. The van der Waals surface area contributed by atoms with Crippen LogP contribution in [0.5, 0.6) is 0 Å². The van der Waals surface area contributed by atoms with Crippen LogP contribution in [-0.4, -0.2) is 10.9 Å². The van der Waals surface area contributed by atoms with Gasteiger partial charge in [0, 0.05) is 12.5 Å². The molecule has 2 aromatic rings. The molecule has 1 unspecified atom stereocenters. The van der Waals surface area contributed by atoms with Crippen molar-refractivity contribution in [3.8, 4) is 6.07 Å². The zero-order chi connectivity index (χ0) is 14.1. The van der Waals surface area contributed by atoms with Crippen LogP contribution >= 0.6 is 0 Å². The minimum atomic E-state index is -1.08. The number of ketones is 1. The van der Waals surface area contributed by atoms with E-state index in [1.165, 1.54) is 6.92 Å². The fourth-order valence-electron chi connectivity index (χ4n) is 1.55. The van der Waals surface area contributed by atoms with E-state index in [2.05, 4.69) is 0 Å². The standard InChI is InChI=1S/C14H12O2.C2H3N/c15-13(11-7-3-1-4-8-11)14(16)12-9-5-2-6-10-12;1-2-3/h1-10,13,15H;1H3. The Bertz CT molecular complexity index is 544. The van der Waals surface area contributed by atoms with Crippen LogP contribution in [0, 0.1) is 11.3 Å². The normalized spacial score (nSPS) is 10.6. The van der Waals surface area contributed by atoms with Gasteiger partial charge in [-0.15, -0.1) is 0 Å². The van der Waals surface area contributed by atoms with Gasteiger partial charge in [0.1, 0.15) is 6.10 Å². The van der Waals surface area contributed by atoms with Gasteiger partial charge in [0.05, 0.1) is 6.07 Å². The molecule has 0 amide bonds. The molecule has 3 nitrogen and oxygen atoms in total. The molecular formula is C16H15NO2. The largest absolute Gasteiger partial charge is 0.380 e. The van der Waals surface area contributed by atoms with E-state index < -0.39 is 6.10 Å². The van der Waals surface area contributed by atoms with Gasteiger partial charge in [-0.3, -0.25) is 4.79 Å². The first kappa shape index (κ1) is 14.6. The first-order chi connectivity index (χ1) is 9.20.